The highest BCUT2D eigenvalue weighted by molar-refractivity contribution is 6.17. The zero-order valence-electron chi connectivity index (χ0n) is 14.8. The van der Waals surface area contributed by atoms with E-state index in [2.05, 4.69) is 39.9 Å². The Hall–Kier alpha value is -3.92. The fourth-order valence-corrected chi connectivity index (χ4v) is 4.10. The topological polar surface area (TPSA) is 48.0 Å². The average molecular weight is 362 g/mol. The third-order valence-corrected chi connectivity index (χ3v) is 5.32. The van der Waals surface area contributed by atoms with Crippen molar-refractivity contribution in [1.82, 2.24) is 9.55 Å². The minimum absolute atomic E-state index is 0.339. The maximum absolute atomic E-state index is 12.6. The van der Waals surface area contributed by atoms with Crippen LogP contribution in [-0.2, 0) is 0 Å². The molecule has 0 unspecified atom stereocenters. The number of nitrogens with zero attached hydrogens (tertiary/aromatic N) is 2. The van der Waals surface area contributed by atoms with Gasteiger partial charge in [-0.15, -0.1) is 0 Å². The first kappa shape index (κ1) is 15.2. The zero-order valence-corrected chi connectivity index (χ0v) is 14.8. The van der Waals surface area contributed by atoms with Crippen LogP contribution in [0.5, 0.6) is 0 Å². The molecule has 0 aliphatic carbocycles. The van der Waals surface area contributed by atoms with Gasteiger partial charge in [0.05, 0.1) is 22.6 Å². The molecule has 0 radical (unpaired) electrons. The summed E-state index contributed by atoms with van der Waals surface area (Å²) in [5, 5.41) is 4.49. The molecule has 0 saturated carbocycles. The van der Waals surface area contributed by atoms with Crippen molar-refractivity contribution in [2.24, 2.45) is 0 Å². The van der Waals surface area contributed by atoms with Gasteiger partial charge in [0.25, 0.3) is 0 Å². The van der Waals surface area contributed by atoms with Crippen molar-refractivity contribution in [3.8, 4) is 5.69 Å². The predicted octanol–water partition coefficient (Wildman–Crippen LogP) is 5.44. The SMILES string of the molecule is O=c1oc2cnccc2c2cc3c(cc12)c1ccccc1n3-c1ccccc1. The van der Waals surface area contributed by atoms with Gasteiger partial charge in [-0.1, -0.05) is 36.4 Å². The fourth-order valence-electron chi connectivity index (χ4n) is 4.10. The summed E-state index contributed by atoms with van der Waals surface area (Å²) < 4.78 is 7.74. The van der Waals surface area contributed by atoms with E-state index in [0.29, 0.717) is 11.0 Å². The number of aromatic nitrogens is 2. The van der Waals surface area contributed by atoms with Crippen molar-refractivity contribution in [2.45, 2.75) is 0 Å². The monoisotopic (exact) mass is 362 g/mol. The van der Waals surface area contributed by atoms with Crippen LogP contribution in [-0.4, -0.2) is 9.55 Å². The van der Waals surface area contributed by atoms with Crippen LogP contribution in [0.4, 0.5) is 0 Å². The van der Waals surface area contributed by atoms with Crippen molar-refractivity contribution in [3.63, 3.8) is 0 Å². The normalized spacial score (nSPS) is 11.7. The summed E-state index contributed by atoms with van der Waals surface area (Å²) in [6, 6.07) is 24.5. The van der Waals surface area contributed by atoms with Gasteiger partial charge in [0.15, 0.2) is 5.58 Å². The van der Waals surface area contributed by atoms with Gasteiger partial charge in [-0.3, -0.25) is 4.98 Å². The molecule has 0 N–H and O–H groups in total. The van der Waals surface area contributed by atoms with Crippen LogP contribution in [0.2, 0.25) is 0 Å². The smallest absolute Gasteiger partial charge is 0.344 e. The second-order valence-electron chi connectivity index (χ2n) is 6.86. The molecule has 6 rings (SSSR count). The standard InChI is InChI=1S/C24H14N2O2/c27-24-20-12-19-16-8-4-5-9-21(16)26(15-6-2-1-3-7-15)22(19)13-18(20)17-10-11-25-14-23(17)28-24/h1-14H. The number of pyridine rings is 1. The number of para-hydroxylation sites is 2. The maximum atomic E-state index is 12.6. The number of fused-ring (bicyclic) bond motifs is 6. The second kappa shape index (κ2) is 5.54. The molecule has 3 heterocycles. The van der Waals surface area contributed by atoms with Crippen molar-refractivity contribution >= 4 is 43.5 Å². The molecule has 0 aliphatic heterocycles. The lowest BCUT2D eigenvalue weighted by Gasteiger charge is -2.08. The summed E-state index contributed by atoms with van der Waals surface area (Å²) in [5.41, 5.74) is 3.41. The van der Waals surface area contributed by atoms with Gasteiger partial charge >= 0.3 is 5.63 Å². The van der Waals surface area contributed by atoms with Crippen LogP contribution in [0.15, 0.2) is 94.4 Å². The highest BCUT2D eigenvalue weighted by Crippen LogP contribution is 2.35. The highest BCUT2D eigenvalue weighted by atomic mass is 16.4. The lowest BCUT2D eigenvalue weighted by Crippen LogP contribution is -2.00. The lowest BCUT2D eigenvalue weighted by atomic mass is 10.1. The van der Waals surface area contributed by atoms with Crippen molar-refractivity contribution in [1.29, 1.82) is 0 Å². The number of hydrogen-bond acceptors (Lipinski definition) is 3. The Morgan fingerprint density at radius 2 is 1.54 bits per heavy atom. The third-order valence-electron chi connectivity index (χ3n) is 5.32. The molecule has 4 heteroatoms. The van der Waals surface area contributed by atoms with Gasteiger partial charge in [0, 0.05) is 33.4 Å². The van der Waals surface area contributed by atoms with E-state index < -0.39 is 0 Å². The Labute approximate surface area is 159 Å². The van der Waals surface area contributed by atoms with Gasteiger partial charge in [-0.05, 0) is 36.4 Å². The van der Waals surface area contributed by atoms with Crippen LogP contribution < -0.4 is 5.63 Å². The van der Waals surface area contributed by atoms with Gasteiger partial charge < -0.3 is 8.98 Å². The summed E-state index contributed by atoms with van der Waals surface area (Å²) in [6.07, 6.45) is 3.31. The predicted molar refractivity (Wildman–Crippen MR) is 112 cm³/mol. The number of rotatable bonds is 1. The van der Waals surface area contributed by atoms with Gasteiger partial charge in [0.2, 0.25) is 0 Å². The van der Waals surface area contributed by atoms with Crippen LogP contribution in [0.25, 0.3) is 49.2 Å². The Bertz CT molecular complexity index is 1580. The number of benzene rings is 3. The molecule has 0 saturated heterocycles. The first-order chi connectivity index (χ1) is 13.8. The molecule has 132 valence electrons. The Balaban J connectivity index is 1.89. The van der Waals surface area contributed by atoms with Crippen LogP contribution in [0.1, 0.15) is 0 Å². The summed E-state index contributed by atoms with van der Waals surface area (Å²) in [6.45, 7) is 0. The molecular formula is C24H14N2O2. The molecule has 0 amide bonds. The van der Waals surface area contributed by atoms with Crippen LogP contribution >= 0.6 is 0 Å². The van der Waals surface area contributed by atoms with E-state index in [4.69, 9.17) is 4.42 Å². The molecule has 3 aromatic heterocycles. The Morgan fingerprint density at radius 3 is 2.43 bits per heavy atom. The molecule has 0 aliphatic rings. The van der Waals surface area contributed by atoms with E-state index in [1.807, 2.05) is 42.5 Å². The summed E-state index contributed by atoms with van der Waals surface area (Å²) in [7, 11) is 0. The van der Waals surface area contributed by atoms with Gasteiger partial charge in [0.1, 0.15) is 0 Å². The van der Waals surface area contributed by atoms with E-state index in [9.17, 15) is 4.79 Å². The van der Waals surface area contributed by atoms with Crippen LogP contribution in [0.3, 0.4) is 0 Å². The zero-order chi connectivity index (χ0) is 18.7. The van der Waals surface area contributed by atoms with E-state index >= 15 is 0 Å². The lowest BCUT2D eigenvalue weighted by molar-refractivity contribution is 0.568. The molecule has 0 atom stereocenters. The highest BCUT2D eigenvalue weighted by Gasteiger charge is 2.16. The summed E-state index contributed by atoms with van der Waals surface area (Å²) >= 11 is 0. The molecule has 0 spiro atoms. The third kappa shape index (κ3) is 2.00. The quantitative estimate of drug-likeness (QED) is 0.366. The van der Waals surface area contributed by atoms with E-state index in [-0.39, 0.29) is 5.63 Å². The van der Waals surface area contributed by atoms with Crippen LogP contribution in [0, 0.1) is 0 Å². The first-order valence-electron chi connectivity index (χ1n) is 9.10. The van der Waals surface area contributed by atoms with E-state index in [1.54, 1.807) is 12.4 Å². The molecule has 28 heavy (non-hydrogen) atoms. The largest absolute Gasteiger partial charge is 0.421 e. The summed E-state index contributed by atoms with van der Waals surface area (Å²) in [5.74, 6) is 0. The fraction of sp³-hybridized carbons (Fsp3) is 0. The van der Waals surface area contributed by atoms with Crippen molar-refractivity contribution < 1.29 is 4.42 Å². The van der Waals surface area contributed by atoms with E-state index in [1.165, 1.54) is 0 Å². The van der Waals surface area contributed by atoms with Crippen molar-refractivity contribution in [2.75, 3.05) is 0 Å². The Morgan fingerprint density at radius 1 is 0.714 bits per heavy atom. The maximum Gasteiger partial charge on any atom is 0.344 e. The first-order valence-corrected chi connectivity index (χ1v) is 9.10. The average Bonchev–Trinajstić information content (AvgIpc) is 3.07. The van der Waals surface area contributed by atoms with Crippen molar-refractivity contribution in [3.05, 3.63) is 95.6 Å². The second-order valence-corrected chi connectivity index (χ2v) is 6.86. The minimum atomic E-state index is -0.339. The molecule has 4 nitrogen and oxygen atoms in total. The molecule has 0 fully saturated rings. The minimum Gasteiger partial charge on any atom is -0.421 e. The van der Waals surface area contributed by atoms with E-state index in [0.717, 1.165) is 38.3 Å². The molecular weight excluding hydrogens is 348 g/mol. The molecule has 3 aromatic carbocycles. The molecule has 6 aromatic rings. The summed E-state index contributed by atoms with van der Waals surface area (Å²) in [4.78, 5) is 16.7. The molecule has 0 bridgehead atoms. The Kier molecular flexibility index (Phi) is 3.00. The number of hydrogen-bond donors (Lipinski definition) is 0. The van der Waals surface area contributed by atoms with Gasteiger partial charge in [-0.2, -0.15) is 0 Å². The van der Waals surface area contributed by atoms with Gasteiger partial charge in [-0.25, -0.2) is 4.79 Å².